The lowest BCUT2D eigenvalue weighted by molar-refractivity contribution is 0.581. The molecule has 1 unspecified atom stereocenters. The lowest BCUT2D eigenvalue weighted by Crippen LogP contribution is -2.42. The zero-order valence-corrected chi connectivity index (χ0v) is 23.7. The average molecular weight is 521 g/mol. The first-order valence-electron chi connectivity index (χ1n) is 14.4. The molecule has 1 aromatic heterocycles. The quantitative estimate of drug-likeness (QED) is 0.105. The molecule has 0 aliphatic rings. The van der Waals surface area contributed by atoms with Crippen LogP contribution >= 0.6 is 0 Å². The number of nitriles is 1. The van der Waals surface area contributed by atoms with Gasteiger partial charge >= 0.3 is 0 Å². The molecule has 0 bridgehead atoms. The molecule has 3 N–H and O–H groups in total. The van der Waals surface area contributed by atoms with Gasteiger partial charge in [0, 0.05) is 23.1 Å². The van der Waals surface area contributed by atoms with E-state index in [0.717, 1.165) is 44.2 Å². The van der Waals surface area contributed by atoms with Crippen molar-refractivity contribution < 1.29 is 0 Å². The van der Waals surface area contributed by atoms with Crippen molar-refractivity contribution in [1.82, 2.24) is 4.98 Å². The van der Waals surface area contributed by atoms with Crippen LogP contribution in [0.4, 0.5) is 5.69 Å². The van der Waals surface area contributed by atoms with Crippen molar-refractivity contribution in [2.45, 2.75) is 71.4 Å². The second-order valence-corrected chi connectivity index (χ2v) is 9.97. The summed E-state index contributed by atoms with van der Waals surface area (Å²) < 4.78 is 0. The number of benzene rings is 3. The van der Waals surface area contributed by atoms with E-state index in [-0.39, 0.29) is 6.17 Å². The van der Waals surface area contributed by atoms with Crippen molar-refractivity contribution in [2.75, 3.05) is 11.4 Å². The number of anilines is 1. The highest BCUT2D eigenvalue weighted by Crippen LogP contribution is 2.24. The number of nitrogens with zero attached hydrogens (tertiary/aromatic N) is 2. The van der Waals surface area contributed by atoms with Crippen LogP contribution in [0.1, 0.15) is 70.1 Å². The standard InChI is InChI=1S/C21H28N2.C14H16N2/c1-3-5-6-7-8-11-16-23(21(22)4-2)20-15-14-18-12-9-10-13-19(18)17-20;1-2-3-4-6-11-7-5-8-14-13(11)9-12(10-15)16-14/h3,6-7,9-10,12-15,17,21H,1,4-5,8,11,16,22H2,2H3;5,7-9,16H,2-4,6H2,1H3/b7-6-;. The van der Waals surface area contributed by atoms with Gasteiger partial charge in [-0.1, -0.05) is 87.4 Å². The second kappa shape index (κ2) is 16.2. The van der Waals surface area contributed by atoms with Gasteiger partial charge in [0.1, 0.15) is 11.8 Å². The van der Waals surface area contributed by atoms with Crippen LogP contribution in [0.3, 0.4) is 0 Å². The third-order valence-corrected chi connectivity index (χ3v) is 7.05. The van der Waals surface area contributed by atoms with Crippen LogP contribution in [0.2, 0.25) is 0 Å². The van der Waals surface area contributed by atoms with Crippen molar-refractivity contribution in [3.63, 3.8) is 0 Å². The summed E-state index contributed by atoms with van der Waals surface area (Å²) in [6, 6.07) is 25.4. The molecule has 0 spiro atoms. The number of rotatable bonds is 13. The van der Waals surface area contributed by atoms with E-state index in [9.17, 15) is 0 Å². The van der Waals surface area contributed by atoms with Crippen LogP contribution in [-0.2, 0) is 6.42 Å². The third kappa shape index (κ3) is 8.87. The molecule has 4 aromatic rings. The molecule has 39 heavy (non-hydrogen) atoms. The number of unbranched alkanes of at least 4 members (excludes halogenated alkanes) is 3. The minimum atomic E-state index is 0.0633. The lowest BCUT2D eigenvalue weighted by atomic mass is 10.0. The fourth-order valence-corrected chi connectivity index (χ4v) is 4.81. The van der Waals surface area contributed by atoms with Crippen LogP contribution in [0, 0.1) is 11.3 Å². The SMILES string of the molecule is C=CC/C=C\CCCN(c1ccc2ccccc2c1)C(N)CC.CCCCCc1cccc2[nH]c(C#N)cc12. The van der Waals surface area contributed by atoms with Crippen LogP contribution in [-0.4, -0.2) is 17.7 Å². The van der Waals surface area contributed by atoms with Crippen LogP contribution in [0.15, 0.2) is 91.5 Å². The van der Waals surface area contributed by atoms with Crippen LogP contribution < -0.4 is 10.6 Å². The number of nitrogens with two attached hydrogens (primary N) is 1. The van der Waals surface area contributed by atoms with Gasteiger partial charge in [-0.3, -0.25) is 0 Å². The Labute approximate surface area is 234 Å². The lowest BCUT2D eigenvalue weighted by Gasteiger charge is -2.30. The Balaban J connectivity index is 0.000000230. The van der Waals surface area contributed by atoms with E-state index in [2.05, 4.69) is 103 Å². The molecule has 0 aliphatic carbocycles. The monoisotopic (exact) mass is 520 g/mol. The minimum Gasteiger partial charge on any atom is -0.356 e. The van der Waals surface area contributed by atoms with E-state index in [1.54, 1.807) is 0 Å². The Bertz CT molecular complexity index is 1370. The Morgan fingerprint density at radius 1 is 0.974 bits per heavy atom. The number of nitrogens with one attached hydrogen (secondary N) is 1. The molecule has 0 saturated heterocycles. The van der Waals surface area contributed by atoms with Gasteiger partial charge in [0.15, 0.2) is 0 Å². The van der Waals surface area contributed by atoms with Gasteiger partial charge in [-0.25, -0.2) is 0 Å². The van der Waals surface area contributed by atoms with Gasteiger partial charge in [0.05, 0.1) is 6.17 Å². The zero-order valence-electron chi connectivity index (χ0n) is 23.7. The van der Waals surface area contributed by atoms with Gasteiger partial charge in [-0.05, 0) is 79.1 Å². The molecule has 4 nitrogen and oxygen atoms in total. The van der Waals surface area contributed by atoms with E-state index in [1.807, 2.05) is 18.2 Å². The fourth-order valence-electron chi connectivity index (χ4n) is 4.81. The molecule has 3 aromatic carbocycles. The van der Waals surface area contributed by atoms with E-state index < -0.39 is 0 Å². The topological polar surface area (TPSA) is 68.8 Å². The Hall–Kier alpha value is -3.81. The van der Waals surface area contributed by atoms with Gasteiger partial charge < -0.3 is 15.6 Å². The number of aromatic nitrogens is 1. The highest BCUT2D eigenvalue weighted by molar-refractivity contribution is 5.86. The van der Waals surface area contributed by atoms with E-state index in [0.29, 0.717) is 5.69 Å². The van der Waals surface area contributed by atoms with E-state index in [1.165, 1.54) is 46.7 Å². The van der Waals surface area contributed by atoms with Crippen molar-refractivity contribution in [3.8, 4) is 6.07 Å². The highest BCUT2D eigenvalue weighted by atomic mass is 15.2. The first-order valence-corrected chi connectivity index (χ1v) is 14.4. The molecular weight excluding hydrogens is 476 g/mol. The van der Waals surface area contributed by atoms with E-state index >= 15 is 0 Å². The Morgan fingerprint density at radius 2 is 1.79 bits per heavy atom. The molecule has 0 aliphatic heterocycles. The molecular formula is C35H44N4. The first-order chi connectivity index (χ1) is 19.1. The number of hydrogen-bond acceptors (Lipinski definition) is 3. The predicted octanol–water partition coefficient (Wildman–Crippen LogP) is 9.03. The highest BCUT2D eigenvalue weighted by Gasteiger charge is 2.13. The smallest absolute Gasteiger partial charge is 0.118 e. The summed E-state index contributed by atoms with van der Waals surface area (Å²) in [4.78, 5) is 5.44. The van der Waals surface area contributed by atoms with Gasteiger partial charge in [0.25, 0.3) is 0 Å². The average Bonchev–Trinajstić information content (AvgIpc) is 3.41. The molecule has 4 heteroatoms. The summed E-state index contributed by atoms with van der Waals surface area (Å²) in [7, 11) is 0. The number of fused-ring (bicyclic) bond motifs is 2. The Morgan fingerprint density at radius 3 is 2.54 bits per heavy atom. The number of aryl methyl sites for hydroxylation is 1. The van der Waals surface area contributed by atoms with Crippen LogP contribution in [0.5, 0.6) is 0 Å². The summed E-state index contributed by atoms with van der Waals surface area (Å²) in [5, 5.41) is 12.6. The molecule has 204 valence electrons. The Kier molecular flexibility index (Phi) is 12.4. The molecule has 1 heterocycles. The van der Waals surface area contributed by atoms with Crippen molar-refractivity contribution in [3.05, 3.63) is 103 Å². The summed E-state index contributed by atoms with van der Waals surface area (Å²) in [6.45, 7) is 9.06. The van der Waals surface area contributed by atoms with Crippen molar-refractivity contribution in [1.29, 1.82) is 5.26 Å². The molecule has 0 radical (unpaired) electrons. The number of H-pyrrole nitrogens is 1. The maximum atomic E-state index is 8.86. The molecule has 0 saturated carbocycles. The summed E-state index contributed by atoms with van der Waals surface area (Å²) in [5.41, 5.74) is 10.6. The number of hydrogen-bond donors (Lipinski definition) is 2. The van der Waals surface area contributed by atoms with Crippen molar-refractivity contribution >= 4 is 27.4 Å². The van der Waals surface area contributed by atoms with Crippen molar-refractivity contribution in [2.24, 2.45) is 5.73 Å². The van der Waals surface area contributed by atoms with Crippen LogP contribution in [0.25, 0.3) is 21.7 Å². The normalized spacial score (nSPS) is 11.7. The third-order valence-electron chi connectivity index (χ3n) is 7.05. The molecule has 1 atom stereocenters. The summed E-state index contributed by atoms with van der Waals surface area (Å²) in [5.74, 6) is 0. The second-order valence-electron chi connectivity index (χ2n) is 9.97. The summed E-state index contributed by atoms with van der Waals surface area (Å²) in [6.07, 6.45) is 15.3. The maximum Gasteiger partial charge on any atom is 0.118 e. The fraction of sp³-hybridized carbons (Fsp3) is 0.343. The van der Waals surface area contributed by atoms with Gasteiger partial charge in [0.2, 0.25) is 0 Å². The zero-order chi connectivity index (χ0) is 27.9. The van der Waals surface area contributed by atoms with Gasteiger partial charge in [-0.15, -0.1) is 6.58 Å². The molecule has 0 fully saturated rings. The largest absolute Gasteiger partial charge is 0.356 e. The first kappa shape index (κ1) is 29.7. The molecule has 0 amide bonds. The summed E-state index contributed by atoms with van der Waals surface area (Å²) >= 11 is 0. The minimum absolute atomic E-state index is 0.0633. The maximum absolute atomic E-state index is 8.86. The molecule has 4 rings (SSSR count). The van der Waals surface area contributed by atoms with E-state index in [4.69, 9.17) is 11.0 Å². The number of allylic oxidation sites excluding steroid dienone is 3. The number of aromatic amines is 1. The van der Waals surface area contributed by atoms with Gasteiger partial charge in [-0.2, -0.15) is 5.26 Å². The predicted molar refractivity (Wildman–Crippen MR) is 169 cm³/mol.